The van der Waals surface area contributed by atoms with E-state index < -0.39 is 23.8 Å². The summed E-state index contributed by atoms with van der Waals surface area (Å²) in [6, 6.07) is -0.507. The molecule has 110 valence electrons. The van der Waals surface area contributed by atoms with Crippen molar-refractivity contribution in [3.63, 3.8) is 0 Å². The topological polar surface area (TPSA) is 78.9 Å². The van der Waals surface area contributed by atoms with Crippen molar-refractivity contribution in [1.29, 1.82) is 0 Å². The first-order chi connectivity index (χ1) is 8.73. The van der Waals surface area contributed by atoms with Crippen LogP contribution in [0.15, 0.2) is 0 Å². The molecule has 1 fully saturated rings. The van der Waals surface area contributed by atoms with Crippen LogP contribution in [0.4, 0.5) is 4.79 Å². The van der Waals surface area contributed by atoms with E-state index in [1.165, 1.54) is 4.90 Å². The Morgan fingerprint density at radius 2 is 2.11 bits per heavy atom. The van der Waals surface area contributed by atoms with Gasteiger partial charge in [0.1, 0.15) is 11.5 Å². The average molecular weight is 293 g/mol. The van der Waals surface area contributed by atoms with Gasteiger partial charge in [-0.1, -0.05) is 0 Å². The van der Waals surface area contributed by atoms with Crippen LogP contribution in [0.3, 0.4) is 0 Å². The number of aliphatic hydroxyl groups is 1. The van der Waals surface area contributed by atoms with Crippen LogP contribution >= 0.6 is 11.6 Å². The van der Waals surface area contributed by atoms with Crippen molar-refractivity contribution in [3.05, 3.63) is 0 Å². The van der Waals surface area contributed by atoms with E-state index in [9.17, 15) is 14.7 Å². The average Bonchev–Trinajstić information content (AvgIpc) is 2.29. The molecule has 0 aromatic rings. The minimum atomic E-state index is -0.675. The predicted molar refractivity (Wildman–Crippen MR) is 71.1 cm³/mol. The molecule has 19 heavy (non-hydrogen) atoms. The van der Waals surface area contributed by atoms with Crippen molar-refractivity contribution < 1.29 is 19.4 Å². The number of carbonyl (C=O) groups is 2. The van der Waals surface area contributed by atoms with E-state index in [1.54, 1.807) is 20.8 Å². The molecule has 0 aliphatic carbocycles. The molecule has 1 unspecified atom stereocenters. The summed E-state index contributed by atoms with van der Waals surface area (Å²) in [4.78, 5) is 24.6. The number of rotatable bonds is 2. The molecular weight excluding hydrogens is 272 g/mol. The minimum Gasteiger partial charge on any atom is -0.444 e. The van der Waals surface area contributed by atoms with Crippen molar-refractivity contribution in [1.82, 2.24) is 10.2 Å². The lowest BCUT2D eigenvalue weighted by atomic mass is 10.0. The molecule has 7 heteroatoms. The van der Waals surface area contributed by atoms with Gasteiger partial charge in [0.15, 0.2) is 0 Å². The van der Waals surface area contributed by atoms with E-state index >= 15 is 0 Å². The second-order valence-corrected chi connectivity index (χ2v) is 5.86. The van der Waals surface area contributed by atoms with Gasteiger partial charge >= 0.3 is 6.09 Å². The lowest BCUT2D eigenvalue weighted by Crippen LogP contribution is -2.57. The Hall–Kier alpha value is -1.01. The number of nitrogens with zero attached hydrogens (tertiary/aromatic N) is 1. The fourth-order valence-electron chi connectivity index (χ4n) is 1.82. The Balaban J connectivity index is 2.58. The number of hydrogen-bond acceptors (Lipinski definition) is 4. The number of amides is 2. The lowest BCUT2D eigenvalue weighted by Gasteiger charge is -2.37. The molecule has 2 atom stereocenters. The third kappa shape index (κ3) is 5.24. The highest BCUT2D eigenvalue weighted by molar-refractivity contribution is 6.27. The molecule has 6 nitrogen and oxygen atoms in total. The van der Waals surface area contributed by atoms with E-state index in [-0.39, 0.29) is 18.3 Å². The number of piperidine rings is 1. The van der Waals surface area contributed by atoms with Gasteiger partial charge in [-0.05, 0) is 27.2 Å². The van der Waals surface area contributed by atoms with Gasteiger partial charge in [0.25, 0.3) is 0 Å². The third-order valence-corrected chi connectivity index (χ3v) is 2.94. The summed E-state index contributed by atoms with van der Waals surface area (Å²) in [5, 5.41) is 12.4. The zero-order chi connectivity index (χ0) is 14.6. The second kappa shape index (κ2) is 6.43. The van der Waals surface area contributed by atoms with Crippen LogP contribution in [0, 0.1) is 0 Å². The standard InChI is InChI=1S/C12H21ClN2O4/c1-12(2,3)19-11(18)15-5-4-9(16)8(7-15)14-10(17)6-13/h8-9,16H,4-7H2,1-3H3,(H,14,17)/t8-,9?/m0/s1. The number of aliphatic hydroxyl groups excluding tert-OH is 1. The van der Waals surface area contributed by atoms with E-state index in [1.807, 2.05) is 0 Å². The summed E-state index contributed by atoms with van der Waals surface area (Å²) in [6.45, 7) is 5.99. The van der Waals surface area contributed by atoms with Gasteiger partial charge < -0.3 is 20.1 Å². The fourth-order valence-corrected chi connectivity index (χ4v) is 1.90. The normalized spacial score (nSPS) is 23.9. The fraction of sp³-hybridized carbons (Fsp3) is 0.833. The maximum atomic E-state index is 11.9. The molecule has 0 spiro atoms. The molecule has 1 rings (SSSR count). The smallest absolute Gasteiger partial charge is 0.410 e. The molecule has 2 amide bonds. The maximum absolute atomic E-state index is 11.9. The summed E-state index contributed by atoms with van der Waals surface area (Å²) < 4.78 is 5.26. The van der Waals surface area contributed by atoms with Crippen LogP contribution < -0.4 is 5.32 Å². The molecule has 0 aromatic carbocycles. The van der Waals surface area contributed by atoms with Crippen LogP contribution in [0.2, 0.25) is 0 Å². The lowest BCUT2D eigenvalue weighted by molar-refractivity contribution is -0.121. The number of ether oxygens (including phenoxy) is 1. The SMILES string of the molecule is CC(C)(C)OC(=O)N1CCC(O)[C@@H](NC(=O)CCl)C1. The number of nitrogens with one attached hydrogen (secondary N) is 1. The number of likely N-dealkylation sites (tertiary alicyclic amines) is 1. The van der Waals surface area contributed by atoms with E-state index in [0.717, 1.165) is 0 Å². The van der Waals surface area contributed by atoms with Crippen LogP contribution in [-0.2, 0) is 9.53 Å². The zero-order valence-corrected chi connectivity index (χ0v) is 12.2. The number of alkyl halides is 1. The Labute approximate surface area is 118 Å². The first kappa shape index (κ1) is 16.0. The molecule has 1 heterocycles. The van der Waals surface area contributed by atoms with Gasteiger partial charge in [-0.2, -0.15) is 0 Å². The minimum absolute atomic E-state index is 0.171. The summed E-state index contributed by atoms with van der Waals surface area (Å²) in [6.07, 6.45) is -0.720. The zero-order valence-electron chi connectivity index (χ0n) is 11.5. The van der Waals surface area contributed by atoms with Crippen molar-refractivity contribution in [2.75, 3.05) is 19.0 Å². The maximum Gasteiger partial charge on any atom is 0.410 e. The van der Waals surface area contributed by atoms with Crippen LogP contribution in [0.1, 0.15) is 27.2 Å². The van der Waals surface area contributed by atoms with Gasteiger partial charge in [-0.25, -0.2) is 4.79 Å². The van der Waals surface area contributed by atoms with Crippen molar-refractivity contribution in [3.8, 4) is 0 Å². The molecule has 2 N–H and O–H groups in total. The summed E-state index contributed by atoms with van der Waals surface area (Å²) in [5.74, 6) is -0.535. The Kier molecular flexibility index (Phi) is 5.43. The number of halogens is 1. The monoisotopic (exact) mass is 292 g/mol. The van der Waals surface area contributed by atoms with E-state index in [2.05, 4.69) is 5.32 Å². The predicted octanol–water partition coefficient (Wildman–Crippen LogP) is 0.712. The molecule has 1 aliphatic rings. The van der Waals surface area contributed by atoms with Crippen molar-refractivity contribution >= 4 is 23.6 Å². The molecular formula is C12H21ClN2O4. The highest BCUT2D eigenvalue weighted by Crippen LogP contribution is 2.16. The van der Waals surface area contributed by atoms with Gasteiger partial charge in [-0.15, -0.1) is 11.6 Å². The first-order valence-electron chi connectivity index (χ1n) is 6.24. The van der Waals surface area contributed by atoms with Crippen LogP contribution in [0.25, 0.3) is 0 Å². The van der Waals surface area contributed by atoms with Gasteiger partial charge in [0.05, 0.1) is 12.1 Å². The molecule has 0 saturated carbocycles. The van der Waals surface area contributed by atoms with Crippen molar-refractivity contribution in [2.24, 2.45) is 0 Å². The van der Waals surface area contributed by atoms with Gasteiger partial charge in [-0.3, -0.25) is 4.79 Å². The molecule has 1 aliphatic heterocycles. The second-order valence-electron chi connectivity index (χ2n) is 5.59. The Bertz CT molecular complexity index is 343. The highest BCUT2D eigenvalue weighted by atomic mass is 35.5. The van der Waals surface area contributed by atoms with E-state index in [4.69, 9.17) is 16.3 Å². The van der Waals surface area contributed by atoms with Crippen molar-refractivity contribution in [2.45, 2.75) is 44.9 Å². The summed E-state index contributed by atoms with van der Waals surface area (Å²) >= 11 is 5.41. The van der Waals surface area contributed by atoms with Gasteiger partial charge in [0.2, 0.25) is 5.91 Å². The number of carbonyl (C=O) groups excluding carboxylic acids is 2. The summed E-state index contributed by atoms with van der Waals surface area (Å²) in [7, 11) is 0. The summed E-state index contributed by atoms with van der Waals surface area (Å²) in [5.41, 5.74) is -0.567. The molecule has 0 bridgehead atoms. The van der Waals surface area contributed by atoms with Crippen LogP contribution in [-0.4, -0.2) is 58.7 Å². The Morgan fingerprint density at radius 3 is 2.63 bits per heavy atom. The van der Waals surface area contributed by atoms with Crippen LogP contribution in [0.5, 0.6) is 0 Å². The molecule has 1 saturated heterocycles. The number of hydrogen-bond donors (Lipinski definition) is 2. The third-order valence-electron chi connectivity index (χ3n) is 2.70. The molecule has 0 radical (unpaired) electrons. The first-order valence-corrected chi connectivity index (χ1v) is 6.77. The highest BCUT2D eigenvalue weighted by Gasteiger charge is 2.33. The van der Waals surface area contributed by atoms with E-state index in [0.29, 0.717) is 13.0 Å². The van der Waals surface area contributed by atoms with Gasteiger partial charge in [0, 0.05) is 13.1 Å². The quantitative estimate of drug-likeness (QED) is 0.735. The largest absolute Gasteiger partial charge is 0.444 e. The Morgan fingerprint density at radius 1 is 1.47 bits per heavy atom. The molecule has 0 aromatic heterocycles.